The van der Waals surface area contributed by atoms with Crippen LogP contribution in [0, 0.1) is 23.7 Å². The van der Waals surface area contributed by atoms with Gasteiger partial charge in [-0.3, -0.25) is 9.59 Å². The maximum atomic E-state index is 12.4. The van der Waals surface area contributed by atoms with Gasteiger partial charge < -0.3 is 9.47 Å². The molecule has 0 heterocycles. The highest BCUT2D eigenvalue weighted by molar-refractivity contribution is 5.75. The van der Waals surface area contributed by atoms with Crippen LogP contribution in [0.2, 0.25) is 0 Å². The van der Waals surface area contributed by atoms with Gasteiger partial charge in [0.15, 0.2) is 0 Å². The SMILES string of the molecule is CC(C)CCCCCCCCCCOC(=O)C1CCC(C(=O)OCCCCCCCC(C)C)CC1. The molecule has 0 saturated heterocycles. The molecule has 1 rings (SSSR count). The van der Waals surface area contributed by atoms with Crippen molar-refractivity contribution in [1.29, 1.82) is 0 Å². The molecule has 35 heavy (non-hydrogen) atoms. The van der Waals surface area contributed by atoms with Crippen molar-refractivity contribution in [2.24, 2.45) is 23.7 Å². The summed E-state index contributed by atoms with van der Waals surface area (Å²) in [5, 5.41) is 0. The van der Waals surface area contributed by atoms with E-state index in [0.717, 1.165) is 63.2 Å². The summed E-state index contributed by atoms with van der Waals surface area (Å²) in [6.45, 7) is 10.2. The Morgan fingerprint density at radius 1 is 0.514 bits per heavy atom. The van der Waals surface area contributed by atoms with Crippen molar-refractivity contribution in [2.45, 2.75) is 150 Å². The van der Waals surface area contributed by atoms with Gasteiger partial charge in [-0.15, -0.1) is 0 Å². The second-order valence-corrected chi connectivity index (χ2v) is 11.8. The normalized spacial score (nSPS) is 18.2. The molecule has 4 nitrogen and oxygen atoms in total. The summed E-state index contributed by atoms with van der Waals surface area (Å²) >= 11 is 0. The molecule has 0 spiro atoms. The Kier molecular flexibility index (Phi) is 19.2. The highest BCUT2D eigenvalue weighted by atomic mass is 16.5. The van der Waals surface area contributed by atoms with Crippen molar-refractivity contribution in [2.75, 3.05) is 13.2 Å². The minimum Gasteiger partial charge on any atom is -0.465 e. The average Bonchev–Trinajstić information content (AvgIpc) is 2.83. The molecular weight excluding hydrogens is 436 g/mol. The first-order valence-electron chi connectivity index (χ1n) is 15.2. The maximum absolute atomic E-state index is 12.4. The molecule has 0 aliphatic heterocycles. The van der Waals surface area contributed by atoms with E-state index in [1.807, 2.05) is 0 Å². The summed E-state index contributed by atoms with van der Waals surface area (Å²) in [5.74, 6) is 1.45. The van der Waals surface area contributed by atoms with Crippen molar-refractivity contribution < 1.29 is 19.1 Å². The quantitative estimate of drug-likeness (QED) is 0.118. The Labute approximate surface area is 217 Å². The molecule has 0 radical (unpaired) electrons. The van der Waals surface area contributed by atoms with Crippen LogP contribution in [0.1, 0.15) is 150 Å². The largest absolute Gasteiger partial charge is 0.465 e. The fourth-order valence-corrected chi connectivity index (χ4v) is 5.05. The maximum Gasteiger partial charge on any atom is 0.308 e. The molecule has 0 aromatic heterocycles. The third-order valence-corrected chi connectivity index (χ3v) is 7.48. The lowest BCUT2D eigenvalue weighted by Gasteiger charge is -2.26. The lowest BCUT2D eigenvalue weighted by atomic mass is 9.82. The standard InChI is InChI=1S/C31H58O4/c1-26(2)18-14-10-7-5-6-8-12-16-24-34-30(32)28-20-22-29(23-21-28)31(33)35-25-17-13-9-11-15-19-27(3)4/h26-29H,5-25H2,1-4H3. The first-order valence-corrected chi connectivity index (χ1v) is 15.2. The van der Waals surface area contributed by atoms with Gasteiger partial charge in [-0.2, -0.15) is 0 Å². The molecular formula is C31H58O4. The Balaban J connectivity index is 1.95. The smallest absolute Gasteiger partial charge is 0.308 e. The van der Waals surface area contributed by atoms with Crippen molar-refractivity contribution in [3.05, 3.63) is 0 Å². The first-order chi connectivity index (χ1) is 16.9. The van der Waals surface area contributed by atoms with Crippen molar-refractivity contribution in [3.8, 4) is 0 Å². The number of hydrogen-bond donors (Lipinski definition) is 0. The minimum atomic E-state index is -0.0588. The van der Waals surface area contributed by atoms with Gasteiger partial charge in [0, 0.05) is 0 Å². The zero-order valence-corrected chi connectivity index (χ0v) is 23.8. The highest BCUT2D eigenvalue weighted by Crippen LogP contribution is 2.30. The Bertz CT molecular complexity index is 520. The number of esters is 2. The molecule has 206 valence electrons. The van der Waals surface area contributed by atoms with E-state index in [4.69, 9.17) is 9.47 Å². The van der Waals surface area contributed by atoms with Gasteiger partial charge in [0.25, 0.3) is 0 Å². The van der Waals surface area contributed by atoms with Gasteiger partial charge >= 0.3 is 11.9 Å². The summed E-state index contributed by atoms with van der Waals surface area (Å²) in [4.78, 5) is 24.7. The fraction of sp³-hybridized carbons (Fsp3) is 0.935. The predicted molar refractivity (Wildman–Crippen MR) is 146 cm³/mol. The fourth-order valence-electron chi connectivity index (χ4n) is 5.05. The van der Waals surface area contributed by atoms with Crippen molar-refractivity contribution in [3.63, 3.8) is 0 Å². The molecule has 0 amide bonds. The summed E-state index contributed by atoms with van der Waals surface area (Å²) in [6.07, 6.45) is 21.7. The van der Waals surface area contributed by atoms with E-state index in [-0.39, 0.29) is 23.8 Å². The molecule has 0 N–H and O–H groups in total. The van der Waals surface area contributed by atoms with Crippen molar-refractivity contribution >= 4 is 11.9 Å². The van der Waals surface area contributed by atoms with E-state index >= 15 is 0 Å². The first kappa shape index (κ1) is 32.0. The average molecular weight is 495 g/mol. The summed E-state index contributed by atoms with van der Waals surface area (Å²) in [7, 11) is 0. The van der Waals surface area contributed by atoms with Gasteiger partial charge in [-0.05, 0) is 50.4 Å². The topological polar surface area (TPSA) is 52.6 Å². The zero-order chi connectivity index (χ0) is 25.7. The number of carbonyl (C=O) groups is 2. The van der Waals surface area contributed by atoms with Crippen LogP contribution in [0.25, 0.3) is 0 Å². The second-order valence-electron chi connectivity index (χ2n) is 11.8. The van der Waals surface area contributed by atoms with Crippen molar-refractivity contribution in [1.82, 2.24) is 0 Å². The zero-order valence-electron chi connectivity index (χ0n) is 23.8. The van der Waals surface area contributed by atoms with Gasteiger partial charge in [-0.1, -0.05) is 111 Å². The molecule has 4 heteroatoms. The molecule has 1 aliphatic rings. The van der Waals surface area contributed by atoms with Crippen LogP contribution in [0.4, 0.5) is 0 Å². The Morgan fingerprint density at radius 3 is 1.11 bits per heavy atom. The van der Waals surface area contributed by atoms with Crippen LogP contribution >= 0.6 is 0 Å². The van der Waals surface area contributed by atoms with Gasteiger partial charge in [0.05, 0.1) is 25.0 Å². The number of hydrogen-bond acceptors (Lipinski definition) is 4. The van der Waals surface area contributed by atoms with Crippen LogP contribution in [-0.4, -0.2) is 25.2 Å². The summed E-state index contributed by atoms with van der Waals surface area (Å²) < 4.78 is 11.1. The lowest BCUT2D eigenvalue weighted by Crippen LogP contribution is -2.28. The summed E-state index contributed by atoms with van der Waals surface area (Å²) in [5.41, 5.74) is 0. The van der Waals surface area contributed by atoms with E-state index in [9.17, 15) is 9.59 Å². The van der Waals surface area contributed by atoms with Crippen LogP contribution < -0.4 is 0 Å². The molecule has 0 aromatic carbocycles. The molecule has 0 bridgehead atoms. The van der Waals surface area contributed by atoms with Crippen LogP contribution in [0.15, 0.2) is 0 Å². The van der Waals surface area contributed by atoms with Gasteiger partial charge in [0.1, 0.15) is 0 Å². The number of unbranched alkanes of at least 4 members (excludes halogenated alkanes) is 11. The Hall–Kier alpha value is -1.06. The van der Waals surface area contributed by atoms with E-state index in [1.54, 1.807) is 0 Å². The number of carbonyl (C=O) groups excluding carboxylic acids is 2. The van der Waals surface area contributed by atoms with E-state index in [1.165, 1.54) is 70.6 Å². The molecule has 1 saturated carbocycles. The minimum absolute atomic E-state index is 0.0317. The van der Waals surface area contributed by atoms with Gasteiger partial charge in [-0.25, -0.2) is 0 Å². The van der Waals surface area contributed by atoms with E-state index < -0.39 is 0 Å². The third kappa shape index (κ3) is 17.9. The predicted octanol–water partition coefficient (Wildman–Crippen LogP) is 9.04. The lowest BCUT2D eigenvalue weighted by molar-refractivity contribution is -0.155. The van der Waals surface area contributed by atoms with Crippen LogP contribution in [-0.2, 0) is 19.1 Å². The third-order valence-electron chi connectivity index (χ3n) is 7.48. The monoisotopic (exact) mass is 494 g/mol. The number of rotatable bonds is 21. The van der Waals surface area contributed by atoms with E-state index in [2.05, 4.69) is 27.7 Å². The molecule has 0 unspecified atom stereocenters. The molecule has 0 atom stereocenters. The second kappa shape index (κ2) is 21.1. The molecule has 1 fully saturated rings. The summed E-state index contributed by atoms with van der Waals surface area (Å²) in [6, 6.07) is 0. The van der Waals surface area contributed by atoms with Crippen LogP contribution in [0.5, 0.6) is 0 Å². The van der Waals surface area contributed by atoms with E-state index in [0.29, 0.717) is 13.2 Å². The number of ether oxygens (including phenoxy) is 2. The molecule has 1 aliphatic carbocycles. The highest BCUT2D eigenvalue weighted by Gasteiger charge is 2.31. The van der Waals surface area contributed by atoms with Gasteiger partial charge in [0.2, 0.25) is 0 Å². The van der Waals surface area contributed by atoms with Crippen LogP contribution in [0.3, 0.4) is 0 Å². The Morgan fingerprint density at radius 2 is 0.800 bits per heavy atom. The molecule has 0 aromatic rings.